The minimum absolute atomic E-state index is 0.329. The molecule has 0 amide bonds. The largest absolute Gasteiger partial charge is 0.474 e. The van der Waals surface area contributed by atoms with E-state index in [1.165, 1.54) is 31.2 Å². The second kappa shape index (κ2) is 8.41. The summed E-state index contributed by atoms with van der Waals surface area (Å²) in [6.07, 6.45) is 9.61. The van der Waals surface area contributed by atoms with Crippen molar-refractivity contribution in [2.24, 2.45) is 16.8 Å². The van der Waals surface area contributed by atoms with Crippen LogP contribution in [0, 0.1) is 18.8 Å². The molecule has 0 aromatic carbocycles. The Labute approximate surface area is 159 Å². The van der Waals surface area contributed by atoms with Gasteiger partial charge in [0.25, 0.3) is 0 Å². The molecule has 3 rings (SSSR count). The molecular weight excluding hydrogens is 322 g/mol. The van der Waals surface area contributed by atoms with Gasteiger partial charge < -0.3 is 9.64 Å². The van der Waals surface area contributed by atoms with Crippen LogP contribution in [0.1, 0.15) is 76.5 Å². The van der Waals surface area contributed by atoms with Crippen LogP contribution in [0.5, 0.6) is 5.88 Å². The molecule has 1 heterocycles. The molecule has 0 aliphatic heterocycles. The van der Waals surface area contributed by atoms with Crippen LogP contribution >= 0.6 is 0 Å². The highest BCUT2D eigenvalue weighted by Gasteiger charge is 2.31. The maximum Gasteiger partial charge on any atom is 0.217 e. The number of hydrogen-bond donors (Lipinski definition) is 0. The van der Waals surface area contributed by atoms with Crippen molar-refractivity contribution in [1.29, 1.82) is 0 Å². The normalized spacial score (nSPS) is 23.6. The molecule has 0 atom stereocenters. The van der Waals surface area contributed by atoms with Crippen molar-refractivity contribution in [3.05, 3.63) is 17.3 Å². The second-order valence-electron chi connectivity index (χ2n) is 8.48. The van der Waals surface area contributed by atoms with E-state index in [1.54, 1.807) is 0 Å². The molecule has 4 nitrogen and oxygen atoms in total. The van der Waals surface area contributed by atoms with E-state index in [4.69, 9.17) is 9.72 Å². The van der Waals surface area contributed by atoms with Crippen molar-refractivity contribution in [2.75, 3.05) is 13.6 Å². The molecule has 2 aliphatic carbocycles. The van der Waals surface area contributed by atoms with Crippen LogP contribution in [0.15, 0.2) is 11.1 Å². The lowest BCUT2D eigenvalue weighted by atomic mass is 9.80. The molecule has 0 saturated heterocycles. The summed E-state index contributed by atoms with van der Waals surface area (Å²) in [7, 11) is 2.04. The van der Waals surface area contributed by atoms with E-state index in [0.29, 0.717) is 12.0 Å². The van der Waals surface area contributed by atoms with Crippen LogP contribution < -0.4 is 4.74 Å². The maximum absolute atomic E-state index is 6.43. The Balaban J connectivity index is 1.73. The molecule has 2 fully saturated rings. The lowest BCUT2D eigenvalue weighted by molar-refractivity contribution is 0.111. The Morgan fingerprint density at radius 2 is 1.92 bits per heavy atom. The standard InChI is InChI=1S/C22H35N3O/c1-6-25(5)14-23-21-13-20(18-7-8-18)22(24-16(21)4)26-19-11-9-17(10-12-19)15(2)3/h13-15,17-19H,6-12H2,1-5H3/b23-14+. The molecule has 0 bridgehead atoms. The fourth-order valence-corrected chi connectivity index (χ4v) is 3.77. The molecule has 4 heteroatoms. The lowest BCUT2D eigenvalue weighted by Gasteiger charge is -2.31. The number of nitrogens with zero attached hydrogens (tertiary/aromatic N) is 3. The molecular formula is C22H35N3O. The monoisotopic (exact) mass is 357 g/mol. The fourth-order valence-electron chi connectivity index (χ4n) is 3.77. The van der Waals surface area contributed by atoms with Gasteiger partial charge in [-0.2, -0.15) is 0 Å². The van der Waals surface area contributed by atoms with Gasteiger partial charge in [0.05, 0.1) is 17.7 Å². The van der Waals surface area contributed by atoms with Crippen molar-refractivity contribution in [3.8, 4) is 5.88 Å². The van der Waals surface area contributed by atoms with Crippen LogP contribution in [0.25, 0.3) is 0 Å². The number of aliphatic imine (C=N–C) groups is 1. The topological polar surface area (TPSA) is 37.7 Å². The van der Waals surface area contributed by atoms with E-state index >= 15 is 0 Å². The Hall–Kier alpha value is -1.58. The first-order valence-electron chi connectivity index (χ1n) is 10.4. The molecule has 0 N–H and O–H groups in total. The van der Waals surface area contributed by atoms with Gasteiger partial charge in [0.1, 0.15) is 6.10 Å². The van der Waals surface area contributed by atoms with Crippen LogP contribution in [0.3, 0.4) is 0 Å². The van der Waals surface area contributed by atoms with E-state index in [9.17, 15) is 0 Å². The number of aryl methyl sites for hydroxylation is 1. The zero-order valence-corrected chi connectivity index (χ0v) is 17.2. The van der Waals surface area contributed by atoms with Gasteiger partial charge in [-0.1, -0.05) is 13.8 Å². The summed E-state index contributed by atoms with van der Waals surface area (Å²) in [4.78, 5) is 11.6. The molecule has 1 aromatic heterocycles. The predicted octanol–water partition coefficient (Wildman–Crippen LogP) is 5.47. The van der Waals surface area contributed by atoms with Gasteiger partial charge in [-0.15, -0.1) is 0 Å². The van der Waals surface area contributed by atoms with E-state index < -0.39 is 0 Å². The smallest absolute Gasteiger partial charge is 0.217 e. The Kier molecular flexibility index (Phi) is 6.20. The SMILES string of the molecule is CCN(C)/C=N/c1cc(C2CC2)c(OC2CCC(C(C)C)CC2)nc1C. The summed E-state index contributed by atoms with van der Waals surface area (Å²) in [5.41, 5.74) is 3.21. The minimum Gasteiger partial charge on any atom is -0.474 e. The first-order valence-corrected chi connectivity index (χ1v) is 10.4. The predicted molar refractivity (Wildman–Crippen MR) is 109 cm³/mol. The highest BCUT2D eigenvalue weighted by Crippen LogP contribution is 2.46. The lowest BCUT2D eigenvalue weighted by Crippen LogP contribution is -2.27. The summed E-state index contributed by atoms with van der Waals surface area (Å²) in [5, 5.41) is 0. The third-order valence-corrected chi connectivity index (χ3v) is 6.03. The zero-order chi connectivity index (χ0) is 18.7. The van der Waals surface area contributed by atoms with Gasteiger partial charge in [-0.3, -0.25) is 0 Å². The molecule has 2 saturated carbocycles. The summed E-state index contributed by atoms with van der Waals surface area (Å²) < 4.78 is 6.43. The molecule has 0 radical (unpaired) electrons. The average Bonchev–Trinajstić information content (AvgIpc) is 3.46. The van der Waals surface area contributed by atoms with Gasteiger partial charge in [-0.25, -0.2) is 9.98 Å². The zero-order valence-electron chi connectivity index (χ0n) is 17.2. The molecule has 0 unspecified atom stereocenters. The Morgan fingerprint density at radius 1 is 1.23 bits per heavy atom. The van der Waals surface area contributed by atoms with Gasteiger partial charge in [-0.05, 0) is 76.2 Å². The molecule has 2 aliphatic rings. The van der Waals surface area contributed by atoms with Gasteiger partial charge in [0.2, 0.25) is 5.88 Å². The molecule has 0 spiro atoms. The van der Waals surface area contributed by atoms with Gasteiger partial charge in [0.15, 0.2) is 0 Å². The molecule has 1 aromatic rings. The summed E-state index contributed by atoms with van der Waals surface area (Å²) in [6, 6.07) is 2.22. The third-order valence-electron chi connectivity index (χ3n) is 6.03. The van der Waals surface area contributed by atoms with Crippen molar-refractivity contribution in [1.82, 2.24) is 9.88 Å². The van der Waals surface area contributed by atoms with Crippen LogP contribution in [0.4, 0.5) is 5.69 Å². The minimum atomic E-state index is 0.329. The van der Waals surface area contributed by atoms with Crippen molar-refractivity contribution in [2.45, 2.75) is 78.2 Å². The summed E-state index contributed by atoms with van der Waals surface area (Å²) in [5.74, 6) is 3.14. The van der Waals surface area contributed by atoms with Crippen LogP contribution in [-0.2, 0) is 0 Å². The van der Waals surface area contributed by atoms with Crippen molar-refractivity contribution in [3.63, 3.8) is 0 Å². The summed E-state index contributed by atoms with van der Waals surface area (Å²) in [6.45, 7) is 9.80. The summed E-state index contributed by atoms with van der Waals surface area (Å²) >= 11 is 0. The Bertz CT molecular complexity index is 629. The van der Waals surface area contributed by atoms with E-state index in [2.05, 4.69) is 36.7 Å². The number of hydrogen-bond acceptors (Lipinski definition) is 3. The highest BCUT2D eigenvalue weighted by atomic mass is 16.5. The van der Waals surface area contributed by atoms with Crippen molar-refractivity contribution < 1.29 is 4.74 Å². The number of aromatic nitrogens is 1. The highest BCUT2D eigenvalue weighted by molar-refractivity contribution is 5.63. The Morgan fingerprint density at radius 3 is 2.50 bits per heavy atom. The second-order valence-corrected chi connectivity index (χ2v) is 8.48. The first kappa shape index (κ1) is 19.2. The fraction of sp³-hybridized carbons (Fsp3) is 0.727. The van der Waals surface area contributed by atoms with Gasteiger partial charge >= 0.3 is 0 Å². The number of ether oxygens (including phenoxy) is 1. The maximum atomic E-state index is 6.43. The van der Waals surface area contributed by atoms with Gasteiger partial charge in [0, 0.05) is 19.2 Å². The number of rotatable bonds is 7. The average molecular weight is 358 g/mol. The van der Waals surface area contributed by atoms with Crippen molar-refractivity contribution >= 4 is 12.0 Å². The first-order chi connectivity index (χ1) is 12.5. The van der Waals surface area contributed by atoms with Crippen LogP contribution in [-0.4, -0.2) is 35.9 Å². The number of pyridine rings is 1. The third kappa shape index (κ3) is 4.77. The van der Waals surface area contributed by atoms with E-state index in [0.717, 1.165) is 48.5 Å². The van der Waals surface area contributed by atoms with E-state index in [-0.39, 0.29) is 0 Å². The molecule has 26 heavy (non-hydrogen) atoms. The van der Waals surface area contributed by atoms with E-state index in [1.807, 2.05) is 20.3 Å². The quantitative estimate of drug-likeness (QED) is 0.479. The van der Waals surface area contributed by atoms with Crippen LogP contribution in [0.2, 0.25) is 0 Å². The molecule has 144 valence electrons.